The zero-order valence-corrected chi connectivity index (χ0v) is 15.3. The molecule has 3 heterocycles. The molecule has 3 aromatic heterocycles. The molecular formula is C18H14Cl2N6. The highest BCUT2D eigenvalue weighted by Crippen LogP contribution is 2.34. The Morgan fingerprint density at radius 1 is 1.08 bits per heavy atom. The Morgan fingerprint density at radius 2 is 1.88 bits per heavy atom. The van der Waals surface area contributed by atoms with Crippen molar-refractivity contribution in [2.24, 2.45) is 0 Å². The van der Waals surface area contributed by atoms with Crippen LogP contribution in [-0.4, -0.2) is 24.9 Å². The number of nitrogens with zero attached hydrogens (tertiary/aromatic N) is 4. The minimum atomic E-state index is 0.530. The predicted octanol–water partition coefficient (Wildman–Crippen LogP) is 5.03. The van der Waals surface area contributed by atoms with Gasteiger partial charge in [-0.15, -0.1) is 0 Å². The van der Waals surface area contributed by atoms with Crippen molar-refractivity contribution in [2.75, 3.05) is 5.32 Å². The van der Waals surface area contributed by atoms with Gasteiger partial charge in [0.25, 0.3) is 0 Å². The maximum atomic E-state index is 6.30. The van der Waals surface area contributed by atoms with Crippen LogP contribution in [0, 0.1) is 0 Å². The first-order valence-electron chi connectivity index (χ1n) is 8.02. The molecule has 0 radical (unpaired) electrons. The number of aromatic amines is 1. The van der Waals surface area contributed by atoms with Gasteiger partial charge in [0.15, 0.2) is 5.82 Å². The lowest BCUT2D eigenvalue weighted by Gasteiger charge is -2.05. The molecule has 0 saturated heterocycles. The molecule has 0 amide bonds. The average molecular weight is 385 g/mol. The van der Waals surface area contributed by atoms with Crippen LogP contribution in [0.5, 0.6) is 0 Å². The lowest BCUT2D eigenvalue weighted by molar-refractivity contribution is 1.000. The summed E-state index contributed by atoms with van der Waals surface area (Å²) in [5.41, 5.74) is 3.10. The number of nitrogens with one attached hydrogen (secondary N) is 2. The van der Waals surface area contributed by atoms with E-state index in [1.807, 2.05) is 19.1 Å². The molecule has 0 saturated carbocycles. The maximum Gasteiger partial charge on any atom is 0.159 e. The Balaban J connectivity index is 1.79. The van der Waals surface area contributed by atoms with Gasteiger partial charge in [0.2, 0.25) is 0 Å². The zero-order chi connectivity index (χ0) is 18.1. The van der Waals surface area contributed by atoms with Crippen molar-refractivity contribution in [3.63, 3.8) is 0 Å². The summed E-state index contributed by atoms with van der Waals surface area (Å²) in [5, 5.41) is 4.26. The summed E-state index contributed by atoms with van der Waals surface area (Å²) in [6, 6.07) is 9.09. The second kappa shape index (κ2) is 6.90. The molecule has 26 heavy (non-hydrogen) atoms. The molecule has 0 unspecified atom stereocenters. The number of aryl methyl sites for hydroxylation is 1. The first kappa shape index (κ1) is 16.8. The van der Waals surface area contributed by atoms with Crippen molar-refractivity contribution < 1.29 is 0 Å². The zero-order valence-electron chi connectivity index (χ0n) is 13.8. The Morgan fingerprint density at radius 3 is 2.65 bits per heavy atom. The van der Waals surface area contributed by atoms with Crippen molar-refractivity contribution >= 4 is 45.9 Å². The fraction of sp³-hybridized carbons (Fsp3) is 0.111. The SMILES string of the molecule is CCc1cc(Nc2nccc3[nH]c(-c4c(Cl)cccc4Cl)nc23)ncn1. The number of aromatic nitrogens is 5. The van der Waals surface area contributed by atoms with E-state index in [4.69, 9.17) is 23.2 Å². The van der Waals surface area contributed by atoms with E-state index in [-0.39, 0.29) is 0 Å². The van der Waals surface area contributed by atoms with Gasteiger partial charge in [0, 0.05) is 18.0 Å². The summed E-state index contributed by atoms with van der Waals surface area (Å²) in [6.07, 6.45) is 4.05. The van der Waals surface area contributed by atoms with E-state index in [1.165, 1.54) is 6.33 Å². The van der Waals surface area contributed by atoms with Gasteiger partial charge in [0.1, 0.15) is 23.5 Å². The van der Waals surface area contributed by atoms with Crippen molar-refractivity contribution in [1.29, 1.82) is 0 Å². The van der Waals surface area contributed by atoms with E-state index in [9.17, 15) is 0 Å². The van der Waals surface area contributed by atoms with E-state index in [2.05, 4.69) is 30.2 Å². The molecule has 0 fully saturated rings. The van der Waals surface area contributed by atoms with Crippen LogP contribution in [0.4, 0.5) is 11.6 Å². The third-order valence-electron chi connectivity index (χ3n) is 3.93. The molecule has 4 aromatic rings. The molecule has 0 bridgehead atoms. The van der Waals surface area contributed by atoms with Crippen molar-refractivity contribution in [2.45, 2.75) is 13.3 Å². The van der Waals surface area contributed by atoms with E-state index in [1.54, 1.807) is 24.4 Å². The molecule has 8 heteroatoms. The van der Waals surface area contributed by atoms with E-state index >= 15 is 0 Å². The summed E-state index contributed by atoms with van der Waals surface area (Å²) in [5.74, 6) is 1.84. The van der Waals surface area contributed by atoms with Gasteiger partial charge >= 0.3 is 0 Å². The number of H-pyrrole nitrogens is 1. The summed E-state index contributed by atoms with van der Waals surface area (Å²) in [7, 11) is 0. The van der Waals surface area contributed by atoms with E-state index in [0.717, 1.165) is 17.6 Å². The smallest absolute Gasteiger partial charge is 0.159 e. The van der Waals surface area contributed by atoms with Crippen molar-refractivity contribution in [3.8, 4) is 11.4 Å². The molecule has 0 atom stereocenters. The summed E-state index contributed by atoms with van der Waals surface area (Å²) in [4.78, 5) is 20.7. The number of anilines is 2. The average Bonchev–Trinajstić information content (AvgIpc) is 3.06. The third-order valence-corrected chi connectivity index (χ3v) is 4.56. The molecule has 6 nitrogen and oxygen atoms in total. The number of pyridine rings is 1. The molecule has 0 spiro atoms. The lowest BCUT2D eigenvalue weighted by Crippen LogP contribution is -1.99. The van der Waals surface area contributed by atoms with Crippen LogP contribution in [-0.2, 0) is 6.42 Å². The predicted molar refractivity (Wildman–Crippen MR) is 104 cm³/mol. The minimum Gasteiger partial charge on any atom is -0.338 e. The highest BCUT2D eigenvalue weighted by atomic mass is 35.5. The van der Waals surface area contributed by atoms with Crippen LogP contribution in [0.2, 0.25) is 10.0 Å². The number of rotatable bonds is 4. The highest BCUT2D eigenvalue weighted by molar-refractivity contribution is 6.39. The van der Waals surface area contributed by atoms with Crippen LogP contribution < -0.4 is 5.32 Å². The fourth-order valence-corrected chi connectivity index (χ4v) is 3.23. The minimum absolute atomic E-state index is 0.530. The monoisotopic (exact) mass is 384 g/mol. The second-order valence-corrected chi connectivity index (χ2v) is 6.43. The topological polar surface area (TPSA) is 79.4 Å². The number of imidazole rings is 1. The summed E-state index contributed by atoms with van der Waals surface area (Å²) >= 11 is 12.6. The molecule has 4 rings (SSSR count). The molecule has 1 aromatic carbocycles. The van der Waals surface area contributed by atoms with Crippen LogP contribution in [0.1, 0.15) is 12.6 Å². The summed E-state index contributed by atoms with van der Waals surface area (Å²) in [6.45, 7) is 2.04. The van der Waals surface area contributed by atoms with Crippen molar-refractivity contribution in [1.82, 2.24) is 24.9 Å². The normalized spacial score (nSPS) is 11.0. The van der Waals surface area contributed by atoms with E-state index < -0.39 is 0 Å². The number of halogens is 2. The van der Waals surface area contributed by atoms with Crippen LogP contribution in [0.25, 0.3) is 22.4 Å². The molecule has 0 aliphatic heterocycles. The number of fused-ring (bicyclic) bond motifs is 1. The fourth-order valence-electron chi connectivity index (χ4n) is 2.65. The van der Waals surface area contributed by atoms with Gasteiger partial charge in [-0.2, -0.15) is 0 Å². The molecule has 0 aliphatic rings. The van der Waals surface area contributed by atoms with E-state index in [0.29, 0.717) is 38.6 Å². The maximum absolute atomic E-state index is 6.30. The summed E-state index contributed by atoms with van der Waals surface area (Å²) < 4.78 is 0. The third kappa shape index (κ3) is 3.09. The van der Waals surface area contributed by atoms with Crippen LogP contribution in [0.15, 0.2) is 42.9 Å². The lowest BCUT2D eigenvalue weighted by atomic mass is 10.2. The Kier molecular flexibility index (Phi) is 4.44. The molecule has 2 N–H and O–H groups in total. The molecular weight excluding hydrogens is 371 g/mol. The van der Waals surface area contributed by atoms with Gasteiger partial charge in [0.05, 0.1) is 21.1 Å². The first-order chi connectivity index (χ1) is 12.7. The largest absolute Gasteiger partial charge is 0.338 e. The van der Waals surface area contributed by atoms with Gasteiger partial charge in [-0.05, 0) is 24.6 Å². The van der Waals surface area contributed by atoms with Gasteiger partial charge < -0.3 is 10.3 Å². The molecule has 130 valence electrons. The van der Waals surface area contributed by atoms with Gasteiger partial charge in [-0.1, -0.05) is 36.2 Å². The number of hydrogen-bond donors (Lipinski definition) is 2. The molecule has 0 aliphatic carbocycles. The first-order valence-corrected chi connectivity index (χ1v) is 8.78. The number of benzene rings is 1. The second-order valence-electron chi connectivity index (χ2n) is 5.61. The Labute approximate surface area is 159 Å². The number of hydrogen-bond acceptors (Lipinski definition) is 5. The van der Waals surface area contributed by atoms with Crippen LogP contribution >= 0.6 is 23.2 Å². The Hall–Kier alpha value is -2.70. The quantitative estimate of drug-likeness (QED) is 0.515. The van der Waals surface area contributed by atoms with Crippen molar-refractivity contribution in [3.05, 3.63) is 58.6 Å². The standard InChI is InChI=1S/C18H14Cl2N6/c1-2-10-8-14(23-9-22-10)25-18-16-13(6-7-21-18)24-17(26-16)15-11(19)4-3-5-12(15)20/h3-9H,2H2,1H3,(H,24,26)(H,21,22,23,25). The van der Waals surface area contributed by atoms with Gasteiger partial charge in [-0.3, -0.25) is 0 Å². The Bertz CT molecular complexity index is 1070. The highest BCUT2D eigenvalue weighted by Gasteiger charge is 2.15. The van der Waals surface area contributed by atoms with Crippen LogP contribution in [0.3, 0.4) is 0 Å². The van der Waals surface area contributed by atoms with Gasteiger partial charge in [-0.25, -0.2) is 19.9 Å².